The van der Waals surface area contributed by atoms with E-state index >= 15 is 0 Å². The van der Waals surface area contributed by atoms with Gasteiger partial charge in [0.1, 0.15) is 0 Å². The van der Waals surface area contributed by atoms with Crippen molar-refractivity contribution >= 4 is 40.0 Å². The largest absolute Gasteiger partial charge is 0.355 e. The monoisotopic (exact) mass is 480 g/mol. The second kappa shape index (κ2) is 11.0. The summed E-state index contributed by atoms with van der Waals surface area (Å²) in [5, 5.41) is 3.17. The van der Waals surface area contributed by atoms with Crippen molar-refractivity contribution in [1.82, 2.24) is 14.9 Å². The average Bonchev–Trinajstić information content (AvgIpc) is 2.58. The highest BCUT2D eigenvalue weighted by Crippen LogP contribution is 2.15. The minimum atomic E-state index is -3.31. The number of rotatable bonds is 6. The van der Waals surface area contributed by atoms with Crippen LogP contribution in [0.2, 0.25) is 0 Å². The molecule has 6 nitrogen and oxygen atoms in total. The van der Waals surface area contributed by atoms with Gasteiger partial charge in [-0.05, 0) is 24.3 Å². The van der Waals surface area contributed by atoms with Gasteiger partial charge >= 0.3 is 0 Å². The quantitative estimate of drug-likeness (QED) is 0.372. The van der Waals surface area contributed by atoms with Gasteiger partial charge in [0.2, 0.25) is 10.0 Å². The zero-order valence-electron chi connectivity index (χ0n) is 14.9. The van der Waals surface area contributed by atoms with Crippen molar-refractivity contribution in [2.75, 3.05) is 32.4 Å². The van der Waals surface area contributed by atoms with Gasteiger partial charge in [0, 0.05) is 33.2 Å². The minimum absolute atomic E-state index is 0. The van der Waals surface area contributed by atoms with Crippen LogP contribution in [0, 0.1) is 5.92 Å². The summed E-state index contributed by atoms with van der Waals surface area (Å²) in [5.41, 5.74) is 0.951. The molecule has 1 fully saturated rings. The number of hydrogen-bond donors (Lipinski definition) is 2. The number of halogens is 1. The fraction of sp³-hybridized carbons (Fsp3) is 0.588. The van der Waals surface area contributed by atoms with E-state index in [1.807, 2.05) is 30.3 Å². The number of nitrogens with one attached hydrogen (secondary N) is 2. The number of hydrogen-bond acceptors (Lipinski definition) is 3. The summed E-state index contributed by atoms with van der Waals surface area (Å²) >= 11 is 0. The molecule has 1 unspecified atom stereocenters. The first-order chi connectivity index (χ1) is 11.5. The van der Waals surface area contributed by atoms with Crippen LogP contribution in [0.25, 0.3) is 0 Å². The van der Waals surface area contributed by atoms with Crippen LogP contribution >= 0.6 is 24.0 Å². The fourth-order valence-corrected chi connectivity index (χ4v) is 3.77. The predicted octanol–water partition coefficient (Wildman–Crippen LogP) is 2.03. The maximum Gasteiger partial charge on any atom is 0.213 e. The Morgan fingerprint density at radius 3 is 2.68 bits per heavy atom. The van der Waals surface area contributed by atoms with Crippen molar-refractivity contribution < 1.29 is 8.42 Å². The lowest BCUT2D eigenvalue weighted by atomic mass is 10.0. The molecule has 8 heteroatoms. The number of nitrogens with zero attached hydrogens (tertiary/aromatic N) is 2. The van der Waals surface area contributed by atoms with Crippen LogP contribution < -0.4 is 10.0 Å². The molecule has 0 saturated carbocycles. The number of piperidine rings is 1. The van der Waals surface area contributed by atoms with Gasteiger partial charge in [-0.2, -0.15) is 0 Å². The normalized spacial score (nSPS) is 18.6. The molecule has 1 aromatic carbocycles. The van der Waals surface area contributed by atoms with E-state index in [1.165, 1.54) is 6.42 Å². The van der Waals surface area contributed by atoms with Gasteiger partial charge in [-0.25, -0.2) is 13.1 Å². The Morgan fingerprint density at radius 1 is 1.32 bits per heavy atom. The molecule has 2 N–H and O–H groups in total. The predicted molar refractivity (Wildman–Crippen MR) is 114 cm³/mol. The van der Waals surface area contributed by atoms with E-state index in [4.69, 9.17) is 0 Å². The zero-order chi connectivity index (χ0) is 17.4. The maximum atomic E-state index is 12.1. The summed E-state index contributed by atoms with van der Waals surface area (Å²) in [6.07, 6.45) is 2.39. The summed E-state index contributed by atoms with van der Waals surface area (Å²) in [7, 11) is -1.57. The molecule has 0 bridgehead atoms. The van der Waals surface area contributed by atoms with E-state index in [2.05, 4.69) is 26.9 Å². The van der Waals surface area contributed by atoms with Crippen LogP contribution in [0.5, 0.6) is 0 Å². The van der Waals surface area contributed by atoms with Gasteiger partial charge in [0.15, 0.2) is 5.96 Å². The van der Waals surface area contributed by atoms with Crippen LogP contribution in [0.3, 0.4) is 0 Å². The highest BCUT2D eigenvalue weighted by Gasteiger charge is 2.19. The molecule has 0 amide bonds. The molecular weight excluding hydrogens is 451 g/mol. The van der Waals surface area contributed by atoms with Crippen molar-refractivity contribution in [2.24, 2.45) is 10.9 Å². The molecule has 0 radical (unpaired) electrons. The van der Waals surface area contributed by atoms with Crippen molar-refractivity contribution in [1.29, 1.82) is 0 Å². The molecular formula is C17H29IN4O2S. The zero-order valence-corrected chi connectivity index (χ0v) is 18.1. The number of aliphatic imine (C=N–C) groups is 1. The van der Waals surface area contributed by atoms with Crippen LogP contribution in [-0.4, -0.2) is 51.7 Å². The Hall–Kier alpha value is -0.870. The van der Waals surface area contributed by atoms with Crippen molar-refractivity contribution in [3.8, 4) is 0 Å². The van der Waals surface area contributed by atoms with Gasteiger partial charge in [-0.3, -0.25) is 4.99 Å². The van der Waals surface area contributed by atoms with Gasteiger partial charge in [-0.15, -0.1) is 24.0 Å². The molecule has 0 spiro atoms. The first-order valence-electron chi connectivity index (χ1n) is 8.47. The first-order valence-corrected chi connectivity index (χ1v) is 10.1. The second-order valence-electron chi connectivity index (χ2n) is 6.29. The van der Waals surface area contributed by atoms with Gasteiger partial charge in [0.05, 0.1) is 5.75 Å². The van der Waals surface area contributed by atoms with E-state index in [0.717, 1.165) is 31.0 Å². The lowest BCUT2D eigenvalue weighted by Crippen LogP contribution is -2.47. The lowest BCUT2D eigenvalue weighted by Gasteiger charge is -2.33. The SMILES string of the molecule is CN=C(NCCS(=O)(=O)NCc1ccccc1)N1CCCC(C)C1.I. The highest BCUT2D eigenvalue weighted by atomic mass is 127. The van der Waals surface area contributed by atoms with Crippen LogP contribution in [0.4, 0.5) is 0 Å². The topological polar surface area (TPSA) is 73.8 Å². The third-order valence-corrected chi connectivity index (χ3v) is 5.49. The molecule has 0 aliphatic carbocycles. The van der Waals surface area contributed by atoms with Crippen LogP contribution in [-0.2, 0) is 16.6 Å². The second-order valence-corrected chi connectivity index (χ2v) is 8.22. The Morgan fingerprint density at radius 2 is 2.04 bits per heavy atom. The summed E-state index contributed by atoms with van der Waals surface area (Å²) in [6.45, 7) is 4.85. The molecule has 1 aromatic rings. The molecule has 142 valence electrons. The Balaban J connectivity index is 0.00000312. The summed E-state index contributed by atoms with van der Waals surface area (Å²) < 4.78 is 26.8. The molecule has 1 atom stereocenters. The van der Waals surface area contributed by atoms with E-state index in [1.54, 1.807) is 7.05 Å². The maximum absolute atomic E-state index is 12.1. The summed E-state index contributed by atoms with van der Waals surface area (Å²) in [5.74, 6) is 1.47. The number of sulfonamides is 1. The van der Waals surface area contributed by atoms with Crippen molar-refractivity contribution in [3.05, 3.63) is 35.9 Å². The van der Waals surface area contributed by atoms with Gasteiger partial charge < -0.3 is 10.2 Å². The molecule has 0 aromatic heterocycles. The van der Waals surface area contributed by atoms with E-state index in [-0.39, 0.29) is 29.7 Å². The number of benzene rings is 1. The van der Waals surface area contributed by atoms with E-state index < -0.39 is 10.0 Å². The lowest BCUT2D eigenvalue weighted by molar-refractivity contribution is 0.266. The molecule has 1 aliphatic rings. The van der Waals surface area contributed by atoms with Crippen molar-refractivity contribution in [3.63, 3.8) is 0 Å². The smallest absolute Gasteiger partial charge is 0.213 e. The summed E-state index contributed by atoms with van der Waals surface area (Å²) in [4.78, 5) is 6.48. The van der Waals surface area contributed by atoms with Gasteiger partial charge in [-0.1, -0.05) is 37.3 Å². The summed E-state index contributed by atoms with van der Waals surface area (Å²) in [6, 6.07) is 9.51. The van der Waals surface area contributed by atoms with Crippen LogP contribution in [0.15, 0.2) is 35.3 Å². The van der Waals surface area contributed by atoms with Gasteiger partial charge in [0.25, 0.3) is 0 Å². The number of guanidine groups is 1. The van der Waals surface area contributed by atoms with E-state index in [9.17, 15) is 8.42 Å². The fourth-order valence-electron chi connectivity index (χ4n) is 2.87. The molecule has 1 aliphatic heterocycles. The van der Waals surface area contributed by atoms with Crippen LogP contribution in [0.1, 0.15) is 25.3 Å². The molecule has 2 rings (SSSR count). The molecule has 1 heterocycles. The Kier molecular flexibility index (Phi) is 9.73. The minimum Gasteiger partial charge on any atom is -0.355 e. The Labute approximate surface area is 168 Å². The first kappa shape index (κ1) is 22.2. The molecule has 1 saturated heterocycles. The standard InChI is InChI=1S/C17H28N4O2S.HI/c1-15-7-6-11-21(14-15)17(18-2)19-10-12-24(22,23)20-13-16-8-4-3-5-9-16;/h3-5,8-9,15,20H,6-7,10-14H2,1-2H3,(H,18,19);1H. The molecule has 25 heavy (non-hydrogen) atoms. The highest BCUT2D eigenvalue weighted by molar-refractivity contribution is 14.0. The van der Waals surface area contributed by atoms with E-state index in [0.29, 0.717) is 19.0 Å². The Bertz CT molecular complexity index is 637. The number of likely N-dealkylation sites (tertiary alicyclic amines) is 1. The third-order valence-electron chi connectivity index (χ3n) is 4.16. The third kappa shape index (κ3) is 7.91. The van der Waals surface area contributed by atoms with Crippen molar-refractivity contribution in [2.45, 2.75) is 26.3 Å². The average molecular weight is 480 g/mol.